The lowest BCUT2D eigenvalue weighted by molar-refractivity contribution is 0.589. The minimum atomic E-state index is 0.211. The summed E-state index contributed by atoms with van der Waals surface area (Å²) in [6, 6.07) is 8.93. The van der Waals surface area contributed by atoms with Crippen LogP contribution in [0.25, 0.3) is 0 Å². The van der Waals surface area contributed by atoms with Crippen molar-refractivity contribution in [1.29, 1.82) is 0 Å². The van der Waals surface area contributed by atoms with Crippen LogP contribution in [-0.2, 0) is 18.5 Å². The van der Waals surface area contributed by atoms with E-state index in [1.54, 1.807) is 0 Å². The van der Waals surface area contributed by atoms with Crippen molar-refractivity contribution in [2.75, 3.05) is 6.54 Å². The highest BCUT2D eigenvalue weighted by molar-refractivity contribution is 5.27. The Bertz CT molecular complexity index is 547. The van der Waals surface area contributed by atoms with E-state index in [1.807, 2.05) is 6.20 Å². The van der Waals surface area contributed by atoms with Crippen LogP contribution in [0.3, 0.4) is 0 Å². The van der Waals surface area contributed by atoms with Gasteiger partial charge in [-0.25, -0.2) is 4.98 Å². The number of hydrogen-bond donors (Lipinski definition) is 1. The van der Waals surface area contributed by atoms with Crippen molar-refractivity contribution >= 4 is 0 Å². The first-order chi connectivity index (χ1) is 10.0. The first-order valence-electron chi connectivity index (χ1n) is 7.81. The predicted molar refractivity (Wildman–Crippen MR) is 88.5 cm³/mol. The Labute approximate surface area is 128 Å². The van der Waals surface area contributed by atoms with Crippen molar-refractivity contribution in [2.24, 2.45) is 0 Å². The molecule has 0 saturated carbocycles. The van der Waals surface area contributed by atoms with Gasteiger partial charge < -0.3 is 9.88 Å². The molecule has 114 valence electrons. The summed E-state index contributed by atoms with van der Waals surface area (Å²) in [5, 5.41) is 3.41. The summed E-state index contributed by atoms with van der Waals surface area (Å²) in [7, 11) is 0. The first-order valence-corrected chi connectivity index (χ1v) is 7.81. The molecule has 1 heterocycles. The summed E-state index contributed by atoms with van der Waals surface area (Å²) in [4.78, 5) is 4.44. The average Bonchev–Trinajstić information content (AvgIpc) is 2.86. The molecule has 1 aromatic carbocycles. The van der Waals surface area contributed by atoms with Crippen molar-refractivity contribution in [3.8, 4) is 0 Å². The molecule has 0 aliphatic carbocycles. The maximum atomic E-state index is 4.44. The molecule has 2 aromatic rings. The summed E-state index contributed by atoms with van der Waals surface area (Å²) >= 11 is 0. The molecule has 0 saturated heterocycles. The Morgan fingerprint density at radius 1 is 1.14 bits per heavy atom. The number of benzene rings is 1. The minimum Gasteiger partial charge on any atom is -0.329 e. The van der Waals surface area contributed by atoms with Gasteiger partial charge in [0, 0.05) is 18.9 Å². The van der Waals surface area contributed by atoms with Crippen LogP contribution in [-0.4, -0.2) is 16.1 Å². The fourth-order valence-electron chi connectivity index (χ4n) is 2.34. The van der Waals surface area contributed by atoms with Gasteiger partial charge in [0.05, 0.1) is 6.54 Å². The van der Waals surface area contributed by atoms with E-state index in [0.717, 1.165) is 31.9 Å². The lowest BCUT2D eigenvalue weighted by atomic mass is 9.87. The highest BCUT2D eigenvalue weighted by Crippen LogP contribution is 2.22. The number of nitrogens with one attached hydrogen (secondary N) is 1. The number of hydrogen-bond acceptors (Lipinski definition) is 2. The van der Waals surface area contributed by atoms with Gasteiger partial charge in [-0.1, -0.05) is 52.0 Å². The monoisotopic (exact) mass is 285 g/mol. The molecule has 0 radical (unpaired) electrons. The van der Waals surface area contributed by atoms with Crippen LogP contribution in [0.15, 0.2) is 36.7 Å². The zero-order valence-corrected chi connectivity index (χ0v) is 13.7. The predicted octanol–water partition coefficient (Wildman–Crippen LogP) is 3.73. The van der Waals surface area contributed by atoms with Crippen LogP contribution in [0, 0.1) is 0 Å². The zero-order chi connectivity index (χ0) is 15.3. The fourth-order valence-corrected chi connectivity index (χ4v) is 2.34. The van der Waals surface area contributed by atoms with Crippen molar-refractivity contribution in [1.82, 2.24) is 14.9 Å². The SMILES string of the molecule is CCCNCc1nccn1Cc1ccc(C(C)(C)C)cc1. The van der Waals surface area contributed by atoms with E-state index < -0.39 is 0 Å². The Morgan fingerprint density at radius 3 is 2.48 bits per heavy atom. The quantitative estimate of drug-likeness (QED) is 0.820. The van der Waals surface area contributed by atoms with E-state index in [2.05, 4.69) is 73.0 Å². The van der Waals surface area contributed by atoms with E-state index >= 15 is 0 Å². The molecular weight excluding hydrogens is 258 g/mol. The van der Waals surface area contributed by atoms with Gasteiger partial charge in [-0.15, -0.1) is 0 Å². The van der Waals surface area contributed by atoms with Crippen molar-refractivity contribution < 1.29 is 0 Å². The zero-order valence-electron chi connectivity index (χ0n) is 13.7. The average molecular weight is 285 g/mol. The molecule has 0 spiro atoms. The van der Waals surface area contributed by atoms with Crippen molar-refractivity contribution in [3.05, 3.63) is 53.6 Å². The van der Waals surface area contributed by atoms with Gasteiger partial charge >= 0.3 is 0 Å². The third-order valence-corrected chi connectivity index (χ3v) is 3.68. The molecule has 2 rings (SSSR count). The van der Waals surface area contributed by atoms with E-state index in [0.29, 0.717) is 0 Å². The molecule has 0 atom stereocenters. The van der Waals surface area contributed by atoms with Crippen LogP contribution in [0.2, 0.25) is 0 Å². The second kappa shape index (κ2) is 6.90. The Morgan fingerprint density at radius 2 is 1.86 bits per heavy atom. The third kappa shape index (κ3) is 4.43. The number of rotatable bonds is 6. The van der Waals surface area contributed by atoms with Gasteiger partial charge in [0.2, 0.25) is 0 Å². The van der Waals surface area contributed by atoms with E-state index in [-0.39, 0.29) is 5.41 Å². The molecule has 0 unspecified atom stereocenters. The Kier molecular flexibility index (Phi) is 5.18. The highest BCUT2D eigenvalue weighted by Gasteiger charge is 2.13. The van der Waals surface area contributed by atoms with Crippen molar-refractivity contribution in [3.63, 3.8) is 0 Å². The fraction of sp³-hybridized carbons (Fsp3) is 0.500. The number of imidazole rings is 1. The first kappa shape index (κ1) is 15.8. The van der Waals surface area contributed by atoms with Crippen LogP contribution in [0.1, 0.15) is 51.1 Å². The maximum absolute atomic E-state index is 4.44. The third-order valence-electron chi connectivity index (χ3n) is 3.68. The van der Waals surface area contributed by atoms with Gasteiger partial charge in [-0.3, -0.25) is 0 Å². The maximum Gasteiger partial charge on any atom is 0.122 e. The van der Waals surface area contributed by atoms with Crippen LogP contribution < -0.4 is 5.32 Å². The summed E-state index contributed by atoms with van der Waals surface area (Å²) in [6.45, 7) is 11.7. The van der Waals surface area contributed by atoms with Crippen molar-refractivity contribution in [2.45, 2.75) is 52.6 Å². The lowest BCUT2D eigenvalue weighted by Crippen LogP contribution is -2.18. The van der Waals surface area contributed by atoms with Gasteiger partial charge in [0.25, 0.3) is 0 Å². The van der Waals surface area contributed by atoms with Gasteiger partial charge in [-0.2, -0.15) is 0 Å². The summed E-state index contributed by atoms with van der Waals surface area (Å²) in [5.41, 5.74) is 2.91. The second-order valence-corrected chi connectivity index (χ2v) is 6.60. The molecular formula is C18H27N3. The summed E-state index contributed by atoms with van der Waals surface area (Å²) in [6.07, 6.45) is 5.09. The van der Waals surface area contributed by atoms with Gasteiger partial charge in [-0.05, 0) is 29.5 Å². The normalized spacial score (nSPS) is 11.8. The molecule has 1 aromatic heterocycles. The van der Waals surface area contributed by atoms with E-state index in [9.17, 15) is 0 Å². The second-order valence-electron chi connectivity index (χ2n) is 6.60. The van der Waals surface area contributed by atoms with Crippen LogP contribution in [0.4, 0.5) is 0 Å². The molecule has 0 aliphatic heterocycles. The minimum absolute atomic E-state index is 0.211. The molecule has 21 heavy (non-hydrogen) atoms. The topological polar surface area (TPSA) is 29.9 Å². The summed E-state index contributed by atoms with van der Waals surface area (Å²) < 4.78 is 2.22. The molecule has 0 aliphatic rings. The molecule has 1 N–H and O–H groups in total. The lowest BCUT2D eigenvalue weighted by Gasteiger charge is -2.19. The molecule has 0 bridgehead atoms. The highest BCUT2D eigenvalue weighted by atomic mass is 15.1. The van der Waals surface area contributed by atoms with Crippen LogP contribution >= 0.6 is 0 Å². The van der Waals surface area contributed by atoms with Crippen LogP contribution in [0.5, 0.6) is 0 Å². The Balaban J connectivity index is 2.03. The molecule has 0 fully saturated rings. The standard InChI is InChI=1S/C18H27N3/c1-5-10-19-13-17-20-11-12-21(17)14-15-6-8-16(9-7-15)18(2,3)4/h6-9,11-12,19H,5,10,13-14H2,1-4H3. The Hall–Kier alpha value is -1.61. The van der Waals surface area contributed by atoms with E-state index in [1.165, 1.54) is 11.1 Å². The van der Waals surface area contributed by atoms with E-state index in [4.69, 9.17) is 0 Å². The molecule has 0 amide bonds. The van der Waals surface area contributed by atoms with Gasteiger partial charge in [0.15, 0.2) is 0 Å². The number of nitrogens with zero attached hydrogens (tertiary/aromatic N) is 2. The van der Waals surface area contributed by atoms with Gasteiger partial charge in [0.1, 0.15) is 5.82 Å². The molecule has 3 nitrogen and oxygen atoms in total. The number of aromatic nitrogens is 2. The molecule has 3 heteroatoms. The smallest absolute Gasteiger partial charge is 0.122 e. The largest absolute Gasteiger partial charge is 0.329 e. The summed E-state index contributed by atoms with van der Waals surface area (Å²) in [5.74, 6) is 1.10.